The van der Waals surface area contributed by atoms with Crippen LogP contribution in [0.2, 0.25) is 0 Å². The molecule has 1 fully saturated rings. The van der Waals surface area contributed by atoms with E-state index in [9.17, 15) is 8.42 Å². The fraction of sp³-hybridized carbons (Fsp3) is 0.700. The van der Waals surface area contributed by atoms with E-state index in [1.165, 1.54) is 6.20 Å². The first-order valence-corrected chi connectivity index (χ1v) is 7.22. The van der Waals surface area contributed by atoms with Crippen molar-refractivity contribution >= 4 is 10.0 Å². The van der Waals surface area contributed by atoms with Crippen LogP contribution in [0.15, 0.2) is 11.1 Å². The van der Waals surface area contributed by atoms with Crippen molar-refractivity contribution in [3.63, 3.8) is 0 Å². The van der Waals surface area contributed by atoms with Gasteiger partial charge in [0.2, 0.25) is 10.0 Å². The van der Waals surface area contributed by atoms with Gasteiger partial charge >= 0.3 is 0 Å². The first-order chi connectivity index (χ1) is 8.00. The molecule has 2 heterocycles. The summed E-state index contributed by atoms with van der Waals surface area (Å²) in [5.74, 6) is 0.297. The first-order valence-electron chi connectivity index (χ1n) is 5.74. The molecule has 0 spiro atoms. The number of hydrogen-bond acceptors (Lipinski definition) is 4. The maximum Gasteiger partial charge on any atom is 0.244 e. The third-order valence-corrected chi connectivity index (χ3v) is 4.77. The molecule has 0 aliphatic carbocycles. The zero-order valence-corrected chi connectivity index (χ0v) is 10.8. The lowest BCUT2D eigenvalue weighted by atomic mass is 9.97. The maximum atomic E-state index is 12.1. The van der Waals surface area contributed by atoms with Crippen LogP contribution in [0.4, 0.5) is 0 Å². The summed E-state index contributed by atoms with van der Waals surface area (Å²) in [7, 11) is -3.45. The van der Waals surface area contributed by atoms with E-state index in [2.05, 4.69) is 20.2 Å². The quantitative estimate of drug-likeness (QED) is 0.712. The van der Waals surface area contributed by atoms with Crippen LogP contribution in [0.3, 0.4) is 0 Å². The van der Waals surface area contributed by atoms with Crippen molar-refractivity contribution in [1.82, 2.24) is 20.2 Å². The minimum absolute atomic E-state index is 0.00412. The topological polar surface area (TPSA) is 86.9 Å². The fourth-order valence-corrected chi connectivity index (χ4v) is 3.58. The van der Waals surface area contributed by atoms with Gasteiger partial charge in [-0.2, -0.15) is 5.10 Å². The summed E-state index contributed by atoms with van der Waals surface area (Å²) in [4.78, 5) is 0.239. The maximum absolute atomic E-state index is 12.1. The van der Waals surface area contributed by atoms with Gasteiger partial charge in [-0.1, -0.05) is 6.92 Å². The Bertz CT molecular complexity index is 482. The van der Waals surface area contributed by atoms with Crippen molar-refractivity contribution in [2.45, 2.75) is 31.2 Å². The van der Waals surface area contributed by atoms with Crippen molar-refractivity contribution in [3.05, 3.63) is 11.9 Å². The molecule has 6 nitrogen and oxygen atoms in total. The first kappa shape index (κ1) is 12.5. The second-order valence-electron chi connectivity index (χ2n) is 4.56. The number of nitrogens with one attached hydrogen (secondary N) is 3. The molecule has 7 heteroatoms. The van der Waals surface area contributed by atoms with Gasteiger partial charge in [0.25, 0.3) is 0 Å². The Labute approximate surface area is 101 Å². The standard InChI is InChI=1S/C10H18N4O2S/c1-7-5-11-4-3-9(7)14-17(15,16)10-6-12-13-8(10)2/h6-7,9,11,14H,3-5H2,1-2H3,(H,12,13). The highest BCUT2D eigenvalue weighted by molar-refractivity contribution is 7.89. The zero-order valence-electron chi connectivity index (χ0n) is 10.0. The van der Waals surface area contributed by atoms with Crippen molar-refractivity contribution < 1.29 is 8.42 Å². The number of aromatic nitrogens is 2. The lowest BCUT2D eigenvalue weighted by molar-refractivity contribution is 0.328. The number of piperidine rings is 1. The van der Waals surface area contributed by atoms with Crippen LogP contribution in [0.1, 0.15) is 19.0 Å². The molecular weight excluding hydrogens is 240 g/mol. The molecule has 0 aromatic carbocycles. The van der Waals surface area contributed by atoms with Gasteiger partial charge in [-0.05, 0) is 32.4 Å². The van der Waals surface area contributed by atoms with Gasteiger partial charge in [-0.15, -0.1) is 0 Å². The Hall–Kier alpha value is -0.920. The van der Waals surface area contributed by atoms with E-state index in [0.29, 0.717) is 11.6 Å². The van der Waals surface area contributed by atoms with Crippen molar-refractivity contribution in [3.8, 4) is 0 Å². The van der Waals surface area contributed by atoms with Gasteiger partial charge in [-0.3, -0.25) is 5.10 Å². The molecule has 0 saturated carbocycles. The summed E-state index contributed by atoms with van der Waals surface area (Å²) >= 11 is 0. The van der Waals surface area contributed by atoms with Gasteiger partial charge in [0.1, 0.15) is 4.90 Å². The minimum atomic E-state index is -3.45. The van der Waals surface area contributed by atoms with Gasteiger partial charge < -0.3 is 5.32 Å². The Morgan fingerprint density at radius 2 is 2.29 bits per heavy atom. The van der Waals surface area contributed by atoms with Crippen LogP contribution in [0.5, 0.6) is 0 Å². The lowest BCUT2D eigenvalue weighted by Crippen LogP contribution is -2.48. The number of aryl methyl sites for hydroxylation is 1. The van der Waals surface area contributed by atoms with Gasteiger partial charge in [0.05, 0.1) is 11.9 Å². The van der Waals surface area contributed by atoms with Crippen LogP contribution in [0, 0.1) is 12.8 Å². The van der Waals surface area contributed by atoms with Crippen molar-refractivity contribution in [1.29, 1.82) is 0 Å². The monoisotopic (exact) mass is 258 g/mol. The van der Waals surface area contributed by atoms with E-state index in [1.807, 2.05) is 6.92 Å². The number of aromatic amines is 1. The molecule has 2 rings (SSSR count). The highest BCUT2D eigenvalue weighted by Crippen LogP contribution is 2.16. The third kappa shape index (κ3) is 2.67. The molecule has 96 valence electrons. The SMILES string of the molecule is Cc1[nH]ncc1S(=O)(=O)NC1CCNCC1C. The molecule has 0 amide bonds. The van der Waals surface area contributed by atoms with Gasteiger partial charge in [-0.25, -0.2) is 13.1 Å². The fourth-order valence-electron chi connectivity index (χ4n) is 2.06. The third-order valence-electron chi connectivity index (χ3n) is 3.17. The largest absolute Gasteiger partial charge is 0.316 e. The number of hydrogen-bond donors (Lipinski definition) is 3. The summed E-state index contributed by atoms with van der Waals surface area (Å²) in [6, 6.07) is -0.00412. The average molecular weight is 258 g/mol. The summed E-state index contributed by atoms with van der Waals surface area (Å²) < 4.78 is 27.0. The van der Waals surface area contributed by atoms with Crippen molar-refractivity contribution in [2.75, 3.05) is 13.1 Å². The minimum Gasteiger partial charge on any atom is -0.316 e. The molecule has 2 unspecified atom stereocenters. The smallest absolute Gasteiger partial charge is 0.244 e. The lowest BCUT2D eigenvalue weighted by Gasteiger charge is -2.29. The Morgan fingerprint density at radius 1 is 1.53 bits per heavy atom. The number of nitrogens with zero attached hydrogens (tertiary/aromatic N) is 1. The Kier molecular flexibility index (Phi) is 3.50. The average Bonchev–Trinajstić information content (AvgIpc) is 2.68. The van der Waals surface area contributed by atoms with E-state index in [4.69, 9.17) is 0 Å². The number of sulfonamides is 1. The summed E-state index contributed by atoms with van der Waals surface area (Å²) in [5, 5.41) is 9.63. The Morgan fingerprint density at radius 3 is 2.88 bits per heavy atom. The molecule has 1 aromatic rings. The highest BCUT2D eigenvalue weighted by Gasteiger charge is 2.28. The molecule has 1 aliphatic rings. The second kappa shape index (κ2) is 4.75. The molecule has 1 saturated heterocycles. The Balaban J connectivity index is 2.15. The van der Waals surface area contributed by atoms with E-state index < -0.39 is 10.0 Å². The predicted molar refractivity (Wildman–Crippen MR) is 64.1 cm³/mol. The normalized spacial score (nSPS) is 26.0. The highest BCUT2D eigenvalue weighted by atomic mass is 32.2. The summed E-state index contributed by atoms with van der Waals surface area (Å²) in [6.45, 7) is 5.44. The van der Waals surface area contributed by atoms with Gasteiger partial charge in [0.15, 0.2) is 0 Å². The molecule has 17 heavy (non-hydrogen) atoms. The predicted octanol–water partition coefficient (Wildman–Crippen LogP) is -0.00558. The molecule has 1 aromatic heterocycles. The second-order valence-corrected chi connectivity index (χ2v) is 6.24. The zero-order chi connectivity index (χ0) is 12.5. The van der Waals surface area contributed by atoms with Crippen LogP contribution in [0.25, 0.3) is 0 Å². The van der Waals surface area contributed by atoms with E-state index in [0.717, 1.165) is 19.5 Å². The van der Waals surface area contributed by atoms with E-state index in [1.54, 1.807) is 6.92 Å². The van der Waals surface area contributed by atoms with Crippen molar-refractivity contribution in [2.24, 2.45) is 5.92 Å². The van der Waals surface area contributed by atoms with Crippen LogP contribution in [-0.4, -0.2) is 37.7 Å². The molecule has 1 aliphatic heterocycles. The van der Waals surface area contributed by atoms with Crippen LogP contribution < -0.4 is 10.0 Å². The van der Waals surface area contributed by atoms with Crippen LogP contribution >= 0.6 is 0 Å². The summed E-state index contributed by atoms with van der Waals surface area (Å²) in [5.41, 5.74) is 0.569. The molecule has 2 atom stereocenters. The number of H-pyrrole nitrogens is 1. The number of rotatable bonds is 3. The molecule has 0 bridgehead atoms. The molecule has 3 N–H and O–H groups in total. The van der Waals surface area contributed by atoms with E-state index in [-0.39, 0.29) is 10.9 Å². The van der Waals surface area contributed by atoms with E-state index >= 15 is 0 Å². The molecular formula is C10H18N4O2S. The summed E-state index contributed by atoms with van der Waals surface area (Å²) in [6.07, 6.45) is 2.17. The van der Waals surface area contributed by atoms with Gasteiger partial charge in [0, 0.05) is 6.04 Å². The van der Waals surface area contributed by atoms with Crippen LogP contribution in [-0.2, 0) is 10.0 Å². The molecule has 0 radical (unpaired) electrons.